The molecule has 2 rings (SSSR count). The Bertz CT molecular complexity index is 527. The van der Waals surface area contributed by atoms with Crippen LogP contribution < -0.4 is 10.1 Å². The molecule has 1 aromatic carbocycles. The SMILES string of the molecule is CNCc1cccc(Cl)c1OCc1cnc(C)s1. The van der Waals surface area contributed by atoms with Crippen LogP contribution in [-0.2, 0) is 13.2 Å². The summed E-state index contributed by atoms with van der Waals surface area (Å²) in [5.74, 6) is 0.750. The summed E-state index contributed by atoms with van der Waals surface area (Å²) in [5.41, 5.74) is 1.06. The van der Waals surface area contributed by atoms with Gasteiger partial charge in [0.2, 0.25) is 0 Å². The summed E-state index contributed by atoms with van der Waals surface area (Å²) >= 11 is 7.81. The first-order chi connectivity index (χ1) is 8.70. The predicted octanol–water partition coefficient (Wildman–Crippen LogP) is 3.40. The molecule has 3 nitrogen and oxygen atoms in total. The fourth-order valence-corrected chi connectivity index (χ4v) is 2.62. The van der Waals surface area contributed by atoms with Gasteiger partial charge in [-0.05, 0) is 20.0 Å². The van der Waals surface area contributed by atoms with Crippen molar-refractivity contribution >= 4 is 22.9 Å². The van der Waals surface area contributed by atoms with Gasteiger partial charge in [-0.15, -0.1) is 11.3 Å². The predicted molar refractivity (Wildman–Crippen MR) is 75.4 cm³/mol. The molecule has 96 valence electrons. The minimum Gasteiger partial charge on any atom is -0.486 e. The van der Waals surface area contributed by atoms with Gasteiger partial charge in [-0.3, -0.25) is 0 Å². The minimum atomic E-state index is 0.506. The number of para-hydroxylation sites is 1. The minimum absolute atomic E-state index is 0.506. The van der Waals surface area contributed by atoms with E-state index in [1.807, 2.05) is 38.4 Å². The first kappa shape index (κ1) is 13.3. The molecule has 0 aliphatic rings. The number of ether oxygens (including phenoxy) is 1. The number of aromatic nitrogens is 1. The summed E-state index contributed by atoms with van der Waals surface area (Å²) < 4.78 is 5.82. The standard InChI is InChI=1S/C13H15ClN2OS/c1-9-16-7-11(18-9)8-17-13-10(6-15-2)4-3-5-12(13)14/h3-5,7,15H,6,8H2,1-2H3. The van der Waals surface area contributed by atoms with Gasteiger partial charge in [-0.25, -0.2) is 4.98 Å². The highest BCUT2D eigenvalue weighted by atomic mass is 35.5. The van der Waals surface area contributed by atoms with Crippen molar-refractivity contribution in [2.24, 2.45) is 0 Å². The molecule has 0 saturated carbocycles. The van der Waals surface area contributed by atoms with E-state index in [-0.39, 0.29) is 0 Å². The van der Waals surface area contributed by atoms with E-state index in [9.17, 15) is 0 Å². The molecule has 1 N–H and O–H groups in total. The van der Waals surface area contributed by atoms with Crippen molar-refractivity contribution in [3.8, 4) is 5.75 Å². The molecule has 1 heterocycles. The quantitative estimate of drug-likeness (QED) is 0.913. The molecule has 0 aliphatic carbocycles. The third-order valence-electron chi connectivity index (χ3n) is 2.44. The van der Waals surface area contributed by atoms with Crippen molar-refractivity contribution < 1.29 is 4.74 Å². The Labute approximate surface area is 116 Å². The van der Waals surface area contributed by atoms with Crippen LogP contribution >= 0.6 is 22.9 Å². The van der Waals surface area contributed by atoms with Gasteiger partial charge >= 0.3 is 0 Å². The van der Waals surface area contributed by atoms with Gasteiger partial charge in [0.1, 0.15) is 12.4 Å². The summed E-state index contributed by atoms with van der Waals surface area (Å²) in [6, 6.07) is 5.78. The van der Waals surface area contributed by atoms with Crippen LogP contribution in [0.1, 0.15) is 15.4 Å². The lowest BCUT2D eigenvalue weighted by atomic mass is 10.2. The zero-order valence-electron chi connectivity index (χ0n) is 10.4. The number of thiazole rings is 1. The van der Waals surface area contributed by atoms with E-state index in [1.165, 1.54) is 0 Å². The Morgan fingerprint density at radius 1 is 1.44 bits per heavy atom. The first-order valence-corrected chi connectivity index (χ1v) is 6.86. The highest BCUT2D eigenvalue weighted by Crippen LogP contribution is 2.29. The molecule has 0 aliphatic heterocycles. The Morgan fingerprint density at radius 2 is 2.28 bits per heavy atom. The summed E-state index contributed by atoms with van der Waals surface area (Å²) in [5, 5.41) is 4.79. The van der Waals surface area contributed by atoms with Crippen molar-refractivity contribution in [1.82, 2.24) is 10.3 Å². The third kappa shape index (κ3) is 3.22. The monoisotopic (exact) mass is 282 g/mol. The molecule has 0 saturated heterocycles. The molecule has 0 bridgehead atoms. The van der Waals surface area contributed by atoms with Gasteiger partial charge in [-0.2, -0.15) is 0 Å². The molecule has 18 heavy (non-hydrogen) atoms. The van der Waals surface area contributed by atoms with E-state index in [0.717, 1.165) is 27.7 Å². The van der Waals surface area contributed by atoms with E-state index in [0.29, 0.717) is 11.6 Å². The van der Waals surface area contributed by atoms with Crippen LogP contribution in [-0.4, -0.2) is 12.0 Å². The molecule has 1 aromatic heterocycles. The Hall–Kier alpha value is -1.10. The number of halogens is 1. The molecule has 0 amide bonds. The molecule has 2 aromatic rings. The summed E-state index contributed by atoms with van der Waals surface area (Å²) in [7, 11) is 1.90. The maximum Gasteiger partial charge on any atom is 0.142 e. The molecular weight excluding hydrogens is 268 g/mol. The fourth-order valence-electron chi connectivity index (χ4n) is 1.66. The molecule has 0 atom stereocenters. The topological polar surface area (TPSA) is 34.1 Å². The number of nitrogens with one attached hydrogen (secondary N) is 1. The highest BCUT2D eigenvalue weighted by molar-refractivity contribution is 7.11. The van der Waals surface area contributed by atoms with Crippen LogP contribution in [0.2, 0.25) is 5.02 Å². The summed E-state index contributed by atoms with van der Waals surface area (Å²) in [4.78, 5) is 5.30. The van der Waals surface area contributed by atoms with Crippen LogP contribution in [0, 0.1) is 6.92 Å². The third-order valence-corrected chi connectivity index (χ3v) is 3.63. The first-order valence-electron chi connectivity index (χ1n) is 5.67. The van der Waals surface area contributed by atoms with E-state index in [4.69, 9.17) is 16.3 Å². The number of nitrogens with zero attached hydrogens (tertiary/aromatic N) is 1. The van der Waals surface area contributed by atoms with Gasteiger partial charge in [0.15, 0.2) is 0 Å². The second-order valence-corrected chi connectivity index (χ2v) is 5.62. The van der Waals surface area contributed by atoms with E-state index >= 15 is 0 Å². The lowest BCUT2D eigenvalue weighted by Gasteiger charge is -2.12. The fraction of sp³-hybridized carbons (Fsp3) is 0.308. The number of benzene rings is 1. The smallest absolute Gasteiger partial charge is 0.142 e. The van der Waals surface area contributed by atoms with Gasteiger partial charge in [0.25, 0.3) is 0 Å². The lowest BCUT2D eigenvalue weighted by molar-refractivity contribution is 0.306. The Morgan fingerprint density at radius 3 is 2.94 bits per heavy atom. The highest BCUT2D eigenvalue weighted by Gasteiger charge is 2.08. The lowest BCUT2D eigenvalue weighted by Crippen LogP contribution is -2.07. The van der Waals surface area contributed by atoms with Gasteiger partial charge in [-0.1, -0.05) is 23.7 Å². The molecular formula is C13H15ClN2OS. The average Bonchev–Trinajstić information content (AvgIpc) is 2.75. The number of aryl methyl sites for hydroxylation is 1. The average molecular weight is 283 g/mol. The zero-order chi connectivity index (χ0) is 13.0. The van der Waals surface area contributed by atoms with Crippen molar-refractivity contribution in [3.05, 3.63) is 44.9 Å². The summed E-state index contributed by atoms with van der Waals surface area (Å²) in [6.07, 6.45) is 1.84. The van der Waals surface area contributed by atoms with Gasteiger partial charge in [0.05, 0.1) is 14.9 Å². The van der Waals surface area contributed by atoms with Gasteiger partial charge < -0.3 is 10.1 Å². The van der Waals surface area contributed by atoms with Crippen molar-refractivity contribution in [2.75, 3.05) is 7.05 Å². The van der Waals surface area contributed by atoms with Crippen LogP contribution in [0.15, 0.2) is 24.4 Å². The van der Waals surface area contributed by atoms with Crippen LogP contribution in [0.5, 0.6) is 5.75 Å². The maximum absolute atomic E-state index is 6.17. The Balaban J connectivity index is 2.12. The number of rotatable bonds is 5. The maximum atomic E-state index is 6.17. The normalized spacial score (nSPS) is 10.6. The van der Waals surface area contributed by atoms with E-state index in [1.54, 1.807) is 11.3 Å². The van der Waals surface area contributed by atoms with Crippen molar-refractivity contribution in [2.45, 2.75) is 20.1 Å². The zero-order valence-corrected chi connectivity index (χ0v) is 11.9. The van der Waals surface area contributed by atoms with Crippen LogP contribution in [0.25, 0.3) is 0 Å². The van der Waals surface area contributed by atoms with E-state index in [2.05, 4.69) is 10.3 Å². The number of hydrogen-bond acceptors (Lipinski definition) is 4. The molecule has 0 fully saturated rings. The Kier molecular flexibility index (Phi) is 4.58. The molecule has 0 spiro atoms. The van der Waals surface area contributed by atoms with Gasteiger partial charge in [0, 0.05) is 18.3 Å². The molecule has 0 radical (unpaired) electrons. The number of hydrogen-bond donors (Lipinski definition) is 1. The van der Waals surface area contributed by atoms with Crippen LogP contribution in [0.3, 0.4) is 0 Å². The molecule has 5 heteroatoms. The second kappa shape index (κ2) is 6.18. The largest absolute Gasteiger partial charge is 0.486 e. The van der Waals surface area contributed by atoms with Crippen LogP contribution in [0.4, 0.5) is 0 Å². The second-order valence-electron chi connectivity index (χ2n) is 3.89. The van der Waals surface area contributed by atoms with E-state index < -0.39 is 0 Å². The van der Waals surface area contributed by atoms with Crippen molar-refractivity contribution in [3.63, 3.8) is 0 Å². The molecule has 0 unspecified atom stereocenters. The summed E-state index contributed by atoms with van der Waals surface area (Å²) in [6.45, 7) is 3.22. The van der Waals surface area contributed by atoms with Crippen molar-refractivity contribution in [1.29, 1.82) is 0 Å².